The Morgan fingerprint density at radius 2 is 1.71 bits per heavy atom. The summed E-state index contributed by atoms with van der Waals surface area (Å²) < 4.78 is 0. The highest BCUT2D eigenvalue weighted by molar-refractivity contribution is 5.85. The van der Waals surface area contributed by atoms with Gasteiger partial charge in [-0.05, 0) is 36.5 Å². The summed E-state index contributed by atoms with van der Waals surface area (Å²) in [5.74, 6) is 0.627. The van der Waals surface area contributed by atoms with Crippen LogP contribution in [0.3, 0.4) is 0 Å². The van der Waals surface area contributed by atoms with Gasteiger partial charge >= 0.3 is 0 Å². The SMILES string of the molecule is Cl.N#Cc1ccc([C@@H](N)C2CCCCC2)cc1. The highest BCUT2D eigenvalue weighted by Crippen LogP contribution is 2.32. The molecule has 17 heavy (non-hydrogen) atoms. The van der Waals surface area contributed by atoms with Crippen LogP contribution in [0.4, 0.5) is 0 Å². The number of rotatable bonds is 2. The average molecular weight is 251 g/mol. The standard InChI is InChI=1S/C14H18N2.ClH/c15-10-11-6-8-13(9-7-11)14(16)12-4-2-1-3-5-12;/h6-9,12,14H,1-5,16H2;1H/t14-;/m0./s1. The molecule has 0 spiro atoms. The largest absolute Gasteiger partial charge is 0.324 e. The van der Waals surface area contributed by atoms with Crippen molar-refractivity contribution in [1.82, 2.24) is 0 Å². The number of nitriles is 1. The first-order valence-corrected chi connectivity index (χ1v) is 6.07. The van der Waals surface area contributed by atoms with Gasteiger partial charge in [-0.25, -0.2) is 0 Å². The number of nitrogens with zero attached hydrogens (tertiary/aromatic N) is 1. The Hall–Kier alpha value is -1.04. The first-order valence-electron chi connectivity index (χ1n) is 6.07. The zero-order chi connectivity index (χ0) is 11.4. The number of hydrogen-bond acceptors (Lipinski definition) is 2. The molecule has 0 bridgehead atoms. The molecule has 0 aliphatic heterocycles. The number of nitrogens with two attached hydrogens (primary N) is 1. The van der Waals surface area contributed by atoms with Gasteiger partial charge in [0.05, 0.1) is 11.6 Å². The second-order valence-corrected chi connectivity index (χ2v) is 4.66. The summed E-state index contributed by atoms with van der Waals surface area (Å²) in [4.78, 5) is 0. The van der Waals surface area contributed by atoms with Crippen LogP contribution in [0.1, 0.15) is 49.3 Å². The summed E-state index contributed by atoms with van der Waals surface area (Å²) in [5.41, 5.74) is 8.16. The topological polar surface area (TPSA) is 49.8 Å². The quantitative estimate of drug-likeness (QED) is 0.873. The molecule has 2 rings (SSSR count). The monoisotopic (exact) mass is 250 g/mol. The van der Waals surface area contributed by atoms with Gasteiger partial charge in [0.2, 0.25) is 0 Å². The Kier molecular flexibility index (Phi) is 5.47. The summed E-state index contributed by atoms with van der Waals surface area (Å²) in [5, 5.41) is 8.73. The molecule has 0 aromatic heterocycles. The Labute approximate surface area is 109 Å². The molecule has 0 unspecified atom stereocenters. The van der Waals surface area contributed by atoms with Crippen LogP contribution in [0, 0.1) is 17.2 Å². The van der Waals surface area contributed by atoms with Crippen LogP contribution >= 0.6 is 12.4 Å². The highest BCUT2D eigenvalue weighted by Gasteiger charge is 2.21. The predicted octanol–water partition coefficient (Wildman–Crippen LogP) is 3.56. The van der Waals surface area contributed by atoms with Crippen molar-refractivity contribution in [3.05, 3.63) is 35.4 Å². The lowest BCUT2D eigenvalue weighted by atomic mass is 9.81. The van der Waals surface area contributed by atoms with E-state index in [-0.39, 0.29) is 18.4 Å². The molecule has 1 atom stereocenters. The lowest BCUT2D eigenvalue weighted by molar-refractivity contribution is 0.308. The molecule has 1 aliphatic carbocycles. The molecule has 1 saturated carbocycles. The molecule has 2 N–H and O–H groups in total. The van der Waals surface area contributed by atoms with E-state index in [9.17, 15) is 0 Å². The van der Waals surface area contributed by atoms with Crippen LogP contribution < -0.4 is 5.73 Å². The number of hydrogen-bond donors (Lipinski definition) is 1. The van der Waals surface area contributed by atoms with Crippen LogP contribution in [0.5, 0.6) is 0 Å². The van der Waals surface area contributed by atoms with E-state index >= 15 is 0 Å². The van der Waals surface area contributed by atoms with Gasteiger partial charge in [-0.3, -0.25) is 0 Å². The normalized spacial score (nSPS) is 17.9. The van der Waals surface area contributed by atoms with Gasteiger partial charge in [0.15, 0.2) is 0 Å². The molecule has 0 radical (unpaired) electrons. The van der Waals surface area contributed by atoms with Crippen LogP contribution in [0.25, 0.3) is 0 Å². The molecule has 0 saturated heterocycles. The lowest BCUT2D eigenvalue weighted by Gasteiger charge is -2.27. The van der Waals surface area contributed by atoms with Crippen molar-refractivity contribution in [2.24, 2.45) is 11.7 Å². The minimum atomic E-state index is 0. The Morgan fingerprint density at radius 3 is 2.24 bits per heavy atom. The van der Waals surface area contributed by atoms with Crippen LogP contribution in [0.2, 0.25) is 0 Å². The first-order chi connectivity index (χ1) is 7.81. The van der Waals surface area contributed by atoms with Crippen molar-refractivity contribution in [3.63, 3.8) is 0 Å². The summed E-state index contributed by atoms with van der Waals surface area (Å²) in [7, 11) is 0. The van der Waals surface area contributed by atoms with E-state index in [1.807, 2.05) is 24.3 Å². The Bertz CT molecular complexity index is 374. The third-order valence-electron chi connectivity index (χ3n) is 3.58. The molecule has 1 fully saturated rings. The molecule has 0 heterocycles. The van der Waals surface area contributed by atoms with Crippen LogP contribution in [-0.4, -0.2) is 0 Å². The maximum absolute atomic E-state index is 8.73. The summed E-state index contributed by atoms with van der Waals surface area (Å²) in [6, 6.07) is 9.99. The van der Waals surface area contributed by atoms with Crippen molar-refractivity contribution in [3.8, 4) is 6.07 Å². The van der Waals surface area contributed by atoms with E-state index in [0.29, 0.717) is 11.5 Å². The Morgan fingerprint density at radius 1 is 1.12 bits per heavy atom. The van der Waals surface area contributed by atoms with E-state index in [1.54, 1.807) is 0 Å². The van der Waals surface area contributed by atoms with Crippen molar-refractivity contribution >= 4 is 12.4 Å². The Balaban J connectivity index is 0.00000144. The fraction of sp³-hybridized carbons (Fsp3) is 0.500. The third-order valence-corrected chi connectivity index (χ3v) is 3.58. The molecule has 1 aromatic carbocycles. The number of benzene rings is 1. The summed E-state index contributed by atoms with van der Waals surface area (Å²) in [6.07, 6.45) is 6.49. The second-order valence-electron chi connectivity index (χ2n) is 4.66. The van der Waals surface area contributed by atoms with E-state index in [1.165, 1.54) is 37.7 Å². The molecule has 1 aliphatic rings. The van der Waals surface area contributed by atoms with Gasteiger partial charge in [-0.2, -0.15) is 5.26 Å². The van der Waals surface area contributed by atoms with E-state index in [2.05, 4.69) is 6.07 Å². The van der Waals surface area contributed by atoms with Crippen molar-refractivity contribution in [1.29, 1.82) is 5.26 Å². The van der Waals surface area contributed by atoms with Crippen molar-refractivity contribution in [2.45, 2.75) is 38.1 Å². The molecule has 2 nitrogen and oxygen atoms in total. The zero-order valence-electron chi connectivity index (χ0n) is 9.93. The highest BCUT2D eigenvalue weighted by atomic mass is 35.5. The van der Waals surface area contributed by atoms with Crippen molar-refractivity contribution in [2.75, 3.05) is 0 Å². The van der Waals surface area contributed by atoms with Crippen LogP contribution in [-0.2, 0) is 0 Å². The maximum Gasteiger partial charge on any atom is 0.0991 e. The van der Waals surface area contributed by atoms with Gasteiger partial charge in [0, 0.05) is 6.04 Å². The minimum absolute atomic E-state index is 0. The fourth-order valence-corrected chi connectivity index (χ4v) is 2.55. The van der Waals surface area contributed by atoms with E-state index in [0.717, 1.165) is 0 Å². The maximum atomic E-state index is 8.73. The van der Waals surface area contributed by atoms with E-state index < -0.39 is 0 Å². The molecular formula is C14H19ClN2. The third kappa shape index (κ3) is 3.46. The van der Waals surface area contributed by atoms with Gasteiger partial charge in [0.25, 0.3) is 0 Å². The fourth-order valence-electron chi connectivity index (χ4n) is 2.55. The minimum Gasteiger partial charge on any atom is -0.324 e. The molecule has 92 valence electrons. The zero-order valence-corrected chi connectivity index (χ0v) is 10.7. The molecule has 0 amide bonds. The summed E-state index contributed by atoms with van der Waals surface area (Å²) >= 11 is 0. The van der Waals surface area contributed by atoms with Crippen molar-refractivity contribution < 1.29 is 0 Å². The van der Waals surface area contributed by atoms with Gasteiger partial charge in [0.1, 0.15) is 0 Å². The van der Waals surface area contributed by atoms with Gasteiger partial charge < -0.3 is 5.73 Å². The second kappa shape index (κ2) is 6.64. The molecule has 3 heteroatoms. The molecular weight excluding hydrogens is 232 g/mol. The molecule has 1 aromatic rings. The smallest absolute Gasteiger partial charge is 0.0991 e. The van der Waals surface area contributed by atoms with Crippen LogP contribution in [0.15, 0.2) is 24.3 Å². The summed E-state index contributed by atoms with van der Waals surface area (Å²) in [6.45, 7) is 0. The van der Waals surface area contributed by atoms with Gasteiger partial charge in [-0.15, -0.1) is 12.4 Å². The van der Waals surface area contributed by atoms with Gasteiger partial charge in [-0.1, -0.05) is 31.4 Å². The average Bonchev–Trinajstić information content (AvgIpc) is 2.39. The predicted molar refractivity (Wildman–Crippen MR) is 71.9 cm³/mol. The lowest BCUT2D eigenvalue weighted by Crippen LogP contribution is -2.23. The first kappa shape index (κ1) is 14.0. The number of halogens is 1. The van der Waals surface area contributed by atoms with E-state index in [4.69, 9.17) is 11.0 Å².